The molecule has 0 bridgehead atoms. The predicted octanol–water partition coefficient (Wildman–Crippen LogP) is 3.33. The lowest BCUT2D eigenvalue weighted by molar-refractivity contribution is -0.132. The minimum absolute atomic E-state index is 0.242. The molecule has 8 heteroatoms. The van der Waals surface area contributed by atoms with Crippen molar-refractivity contribution in [3.8, 4) is 11.4 Å². The van der Waals surface area contributed by atoms with E-state index < -0.39 is 0 Å². The van der Waals surface area contributed by atoms with E-state index in [-0.39, 0.29) is 5.91 Å². The number of amides is 1. The number of methoxy groups -OCH3 is 1. The van der Waals surface area contributed by atoms with Crippen LogP contribution in [0.2, 0.25) is 0 Å². The second kappa shape index (κ2) is 9.73. The van der Waals surface area contributed by atoms with Crippen LogP contribution in [0.3, 0.4) is 0 Å². The Morgan fingerprint density at radius 3 is 2.85 bits per heavy atom. The summed E-state index contributed by atoms with van der Waals surface area (Å²) in [4.78, 5) is 14.4. The van der Waals surface area contributed by atoms with Gasteiger partial charge in [0.2, 0.25) is 11.1 Å². The Hall–Kier alpha value is -2.09. The van der Waals surface area contributed by atoms with Crippen molar-refractivity contribution in [1.82, 2.24) is 25.1 Å². The zero-order valence-corrected chi connectivity index (χ0v) is 16.8. The lowest BCUT2D eigenvalue weighted by Gasteiger charge is -2.31. The van der Waals surface area contributed by atoms with E-state index in [4.69, 9.17) is 4.74 Å². The number of hydrogen-bond donors (Lipinski definition) is 0. The van der Waals surface area contributed by atoms with Crippen LogP contribution in [0.5, 0.6) is 5.75 Å². The average molecular weight is 390 g/mol. The van der Waals surface area contributed by atoms with Crippen molar-refractivity contribution < 1.29 is 9.53 Å². The van der Waals surface area contributed by atoms with E-state index in [0.717, 1.165) is 36.5 Å². The van der Waals surface area contributed by atoms with Gasteiger partial charge in [-0.3, -0.25) is 4.79 Å². The zero-order chi connectivity index (χ0) is 19.1. The molecule has 1 aromatic heterocycles. The number of ether oxygens (including phenoxy) is 1. The molecule has 0 spiro atoms. The highest BCUT2D eigenvalue weighted by Gasteiger charge is 2.21. The third-order valence-electron chi connectivity index (χ3n) is 5.04. The van der Waals surface area contributed by atoms with Crippen LogP contribution in [0.25, 0.3) is 5.69 Å². The quantitative estimate of drug-likeness (QED) is 0.509. The maximum atomic E-state index is 12.4. The SMILES string of the molecule is COc1ccccc1-n1nnnc1SCCCC(=O)N(C)C1CCCCC1. The first-order valence-corrected chi connectivity index (χ1v) is 10.5. The maximum absolute atomic E-state index is 12.4. The molecule has 0 unspecified atom stereocenters. The highest BCUT2D eigenvalue weighted by Crippen LogP contribution is 2.26. The average Bonchev–Trinajstić information content (AvgIpc) is 3.19. The monoisotopic (exact) mass is 389 g/mol. The van der Waals surface area contributed by atoms with E-state index in [0.29, 0.717) is 17.6 Å². The molecular formula is C19H27N5O2S. The summed E-state index contributed by atoms with van der Waals surface area (Å²) in [6.07, 6.45) is 7.44. The number of thioether (sulfide) groups is 1. The first-order chi connectivity index (χ1) is 13.2. The summed E-state index contributed by atoms with van der Waals surface area (Å²) in [5.74, 6) is 1.75. The Kier molecular flexibility index (Phi) is 7.09. The Morgan fingerprint density at radius 2 is 2.07 bits per heavy atom. The summed E-state index contributed by atoms with van der Waals surface area (Å²) in [6, 6.07) is 8.06. The van der Waals surface area contributed by atoms with Crippen LogP contribution in [-0.4, -0.2) is 57.0 Å². The van der Waals surface area contributed by atoms with Gasteiger partial charge in [0, 0.05) is 25.3 Å². The number of nitrogens with zero attached hydrogens (tertiary/aromatic N) is 5. The van der Waals surface area contributed by atoms with Crippen molar-refractivity contribution in [2.75, 3.05) is 19.9 Å². The summed E-state index contributed by atoms with van der Waals surface area (Å²) in [7, 11) is 3.58. The standard InChI is InChI=1S/C19H27N5O2S/c1-23(15-9-4-3-5-10-15)18(25)13-8-14-27-19-20-21-22-24(19)16-11-6-7-12-17(16)26-2/h6-7,11-12,15H,3-5,8-10,13-14H2,1-2H3. The second-order valence-electron chi connectivity index (χ2n) is 6.79. The molecule has 0 saturated heterocycles. The number of carbonyl (C=O) groups excluding carboxylic acids is 1. The summed E-state index contributed by atoms with van der Waals surface area (Å²) in [5.41, 5.74) is 0.806. The minimum atomic E-state index is 0.242. The lowest BCUT2D eigenvalue weighted by atomic mass is 9.94. The molecule has 0 aliphatic heterocycles. The summed E-state index contributed by atoms with van der Waals surface area (Å²) in [6.45, 7) is 0. The van der Waals surface area contributed by atoms with Gasteiger partial charge in [0.1, 0.15) is 11.4 Å². The minimum Gasteiger partial charge on any atom is -0.494 e. The van der Waals surface area contributed by atoms with Gasteiger partial charge in [-0.15, -0.1) is 5.10 Å². The molecule has 0 radical (unpaired) electrons. The third-order valence-corrected chi connectivity index (χ3v) is 6.04. The topological polar surface area (TPSA) is 73.1 Å². The number of para-hydroxylation sites is 2. The molecule has 2 aromatic rings. The van der Waals surface area contributed by atoms with Crippen molar-refractivity contribution in [2.24, 2.45) is 0 Å². The van der Waals surface area contributed by atoms with Crippen molar-refractivity contribution in [2.45, 2.75) is 56.1 Å². The van der Waals surface area contributed by atoms with Crippen molar-refractivity contribution in [3.05, 3.63) is 24.3 Å². The van der Waals surface area contributed by atoms with Gasteiger partial charge < -0.3 is 9.64 Å². The molecule has 1 aliphatic rings. The predicted molar refractivity (Wildman–Crippen MR) is 105 cm³/mol. The Bertz CT molecular complexity index is 745. The van der Waals surface area contributed by atoms with E-state index in [1.165, 1.54) is 19.3 Å². The molecule has 27 heavy (non-hydrogen) atoms. The van der Waals surface area contributed by atoms with Gasteiger partial charge in [0.05, 0.1) is 7.11 Å². The molecule has 7 nitrogen and oxygen atoms in total. The molecule has 1 saturated carbocycles. The van der Waals surface area contributed by atoms with E-state index in [9.17, 15) is 4.79 Å². The summed E-state index contributed by atoms with van der Waals surface area (Å²) < 4.78 is 7.07. The van der Waals surface area contributed by atoms with Crippen LogP contribution >= 0.6 is 11.8 Å². The molecule has 0 N–H and O–H groups in total. The Balaban J connectivity index is 1.50. The van der Waals surface area contributed by atoms with Gasteiger partial charge >= 0.3 is 0 Å². The smallest absolute Gasteiger partial charge is 0.222 e. The van der Waals surface area contributed by atoms with Gasteiger partial charge in [0.25, 0.3) is 0 Å². The van der Waals surface area contributed by atoms with Crippen LogP contribution in [-0.2, 0) is 4.79 Å². The molecule has 1 heterocycles. The fourth-order valence-corrected chi connectivity index (χ4v) is 4.28. The Morgan fingerprint density at radius 1 is 1.30 bits per heavy atom. The van der Waals surface area contributed by atoms with Crippen LogP contribution in [0, 0.1) is 0 Å². The number of tetrazole rings is 1. The van der Waals surface area contributed by atoms with Gasteiger partial charge in [-0.2, -0.15) is 4.68 Å². The molecule has 1 aromatic carbocycles. The molecule has 1 aliphatic carbocycles. The molecular weight excluding hydrogens is 362 g/mol. The first-order valence-electron chi connectivity index (χ1n) is 9.51. The highest BCUT2D eigenvalue weighted by molar-refractivity contribution is 7.99. The van der Waals surface area contributed by atoms with E-state index in [2.05, 4.69) is 15.5 Å². The summed E-state index contributed by atoms with van der Waals surface area (Å²) in [5, 5.41) is 12.7. The maximum Gasteiger partial charge on any atom is 0.222 e. The van der Waals surface area contributed by atoms with Crippen molar-refractivity contribution in [1.29, 1.82) is 0 Å². The van der Waals surface area contributed by atoms with Gasteiger partial charge in [0.15, 0.2) is 0 Å². The number of aromatic nitrogens is 4. The van der Waals surface area contributed by atoms with Crippen LogP contribution in [0.4, 0.5) is 0 Å². The number of carbonyl (C=O) groups is 1. The number of rotatable bonds is 8. The second-order valence-corrected chi connectivity index (χ2v) is 7.86. The molecule has 1 amide bonds. The first kappa shape index (κ1) is 19.7. The molecule has 146 valence electrons. The lowest BCUT2D eigenvalue weighted by Crippen LogP contribution is -2.38. The fraction of sp³-hybridized carbons (Fsp3) is 0.579. The third kappa shape index (κ3) is 5.00. The summed E-state index contributed by atoms with van der Waals surface area (Å²) >= 11 is 1.56. The van der Waals surface area contributed by atoms with E-state index >= 15 is 0 Å². The number of benzene rings is 1. The zero-order valence-electron chi connectivity index (χ0n) is 16.0. The van der Waals surface area contributed by atoms with Gasteiger partial charge in [-0.05, 0) is 41.8 Å². The number of hydrogen-bond acceptors (Lipinski definition) is 6. The van der Waals surface area contributed by atoms with Crippen molar-refractivity contribution in [3.63, 3.8) is 0 Å². The van der Waals surface area contributed by atoms with Gasteiger partial charge in [-0.1, -0.05) is 43.2 Å². The fourth-order valence-electron chi connectivity index (χ4n) is 3.46. The normalized spacial score (nSPS) is 14.9. The van der Waals surface area contributed by atoms with Crippen molar-refractivity contribution >= 4 is 17.7 Å². The Labute approximate surface area is 164 Å². The van der Waals surface area contributed by atoms with Crippen LogP contribution < -0.4 is 4.74 Å². The molecule has 0 atom stereocenters. The largest absolute Gasteiger partial charge is 0.494 e. The van der Waals surface area contributed by atoms with E-state index in [1.54, 1.807) is 23.6 Å². The van der Waals surface area contributed by atoms with Crippen LogP contribution in [0.15, 0.2) is 29.4 Å². The van der Waals surface area contributed by atoms with Gasteiger partial charge in [-0.25, -0.2) is 0 Å². The molecule has 3 rings (SSSR count). The van der Waals surface area contributed by atoms with E-state index in [1.807, 2.05) is 36.2 Å². The van der Waals surface area contributed by atoms with Crippen LogP contribution in [0.1, 0.15) is 44.9 Å². The molecule has 1 fully saturated rings. The highest BCUT2D eigenvalue weighted by atomic mass is 32.2.